The van der Waals surface area contributed by atoms with Crippen molar-refractivity contribution in [3.8, 4) is 0 Å². The minimum absolute atomic E-state index is 0.0460. The maximum atomic E-state index is 14.0. The Morgan fingerprint density at radius 2 is 1.34 bits per heavy atom. The van der Waals surface area contributed by atoms with Gasteiger partial charge in [-0.15, -0.1) is 0 Å². The Balaban J connectivity index is 2.04. The molecule has 29 heavy (non-hydrogen) atoms. The first-order valence-electron chi connectivity index (χ1n) is 9.33. The highest BCUT2D eigenvalue weighted by Crippen LogP contribution is 2.50. The van der Waals surface area contributed by atoms with Gasteiger partial charge in [0.15, 0.2) is 0 Å². The van der Waals surface area contributed by atoms with E-state index in [1.807, 2.05) is 37.3 Å². The fourth-order valence-electron chi connectivity index (χ4n) is 3.43. The molecule has 3 aromatic rings. The summed E-state index contributed by atoms with van der Waals surface area (Å²) in [6, 6.07) is 21.0. The Hall–Kier alpha value is -2.97. The van der Waals surface area contributed by atoms with Gasteiger partial charge in [-0.1, -0.05) is 78.4 Å². The van der Waals surface area contributed by atoms with Gasteiger partial charge in [-0.05, 0) is 37.5 Å². The zero-order chi connectivity index (χ0) is 21.0. The molecule has 0 radical (unpaired) electrons. The van der Waals surface area contributed by atoms with E-state index in [0.717, 1.165) is 11.1 Å². The lowest BCUT2D eigenvalue weighted by molar-refractivity contribution is 0.107. The van der Waals surface area contributed by atoms with Crippen LogP contribution in [0, 0.1) is 20.8 Å². The van der Waals surface area contributed by atoms with Crippen molar-refractivity contribution in [3.05, 3.63) is 101 Å². The molecule has 1 unspecified atom stereocenters. The van der Waals surface area contributed by atoms with Crippen molar-refractivity contribution in [1.29, 1.82) is 0 Å². The van der Waals surface area contributed by atoms with Crippen LogP contribution in [0.25, 0.3) is 0 Å². The highest BCUT2D eigenvalue weighted by Gasteiger charge is 2.45. The van der Waals surface area contributed by atoms with Crippen molar-refractivity contribution >= 4 is 23.7 Å². The molecule has 0 aliphatic carbocycles. The molecule has 1 atom stereocenters. The molecule has 0 aliphatic rings. The molecule has 4 nitrogen and oxygen atoms in total. The predicted octanol–water partition coefficient (Wildman–Crippen LogP) is 5.78. The summed E-state index contributed by atoms with van der Waals surface area (Å²) in [4.78, 5) is 26.5. The number of carbonyl (C=O) groups excluding carboxylic acids is 2. The van der Waals surface area contributed by atoms with Gasteiger partial charge in [-0.25, -0.2) is 4.79 Å². The second-order valence-corrected chi connectivity index (χ2v) is 9.57. The molecular weight excluding hydrogens is 383 g/mol. The van der Waals surface area contributed by atoms with Crippen molar-refractivity contribution in [3.63, 3.8) is 0 Å². The van der Waals surface area contributed by atoms with E-state index >= 15 is 0 Å². The molecule has 148 valence electrons. The van der Waals surface area contributed by atoms with E-state index in [1.165, 1.54) is 0 Å². The summed E-state index contributed by atoms with van der Waals surface area (Å²) in [6.45, 7) is 5.46. The Kier molecular flexibility index (Phi) is 6.14. The first kappa shape index (κ1) is 20.8. The number of aryl methyl sites for hydroxylation is 3. The molecule has 0 heterocycles. The van der Waals surface area contributed by atoms with Gasteiger partial charge in [0.1, 0.15) is 6.61 Å². The zero-order valence-electron chi connectivity index (χ0n) is 16.7. The van der Waals surface area contributed by atoms with Gasteiger partial charge in [0.2, 0.25) is 5.52 Å². The smallest absolute Gasteiger partial charge is 0.376 e. The van der Waals surface area contributed by atoms with Crippen molar-refractivity contribution in [1.82, 2.24) is 0 Å². The average molecular weight is 406 g/mol. The van der Waals surface area contributed by atoms with E-state index in [0.29, 0.717) is 16.7 Å². The summed E-state index contributed by atoms with van der Waals surface area (Å²) >= 11 is 0. The standard InChI is InChI=1S/C24H23O4P/c1-17-14-18(2)22(19(3)15-17)23(25)29(27,21-12-8-5-9-13-21)24(26)28-16-20-10-6-4-7-11-20/h4-15H,16H2,1-3H3. The van der Waals surface area contributed by atoms with Crippen molar-refractivity contribution < 1.29 is 18.9 Å². The highest BCUT2D eigenvalue weighted by molar-refractivity contribution is 8.00. The van der Waals surface area contributed by atoms with Gasteiger partial charge in [0.25, 0.3) is 7.14 Å². The normalized spacial score (nSPS) is 12.8. The monoisotopic (exact) mass is 406 g/mol. The molecule has 3 rings (SSSR count). The summed E-state index contributed by atoms with van der Waals surface area (Å²) in [5, 5.41) is 0.183. The lowest BCUT2D eigenvalue weighted by atomic mass is 10.0. The number of carbonyl (C=O) groups is 2. The first-order valence-corrected chi connectivity index (χ1v) is 11.0. The van der Waals surface area contributed by atoms with Gasteiger partial charge in [0, 0.05) is 10.9 Å². The highest BCUT2D eigenvalue weighted by atomic mass is 31.2. The third-order valence-corrected chi connectivity index (χ3v) is 7.22. The number of hydrogen-bond donors (Lipinski definition) is 0. The van der Waals surface area contributed by atoms with Crippen LogP contribution in [0.3, 0.4) is 0 Å². The van der Waals surface area contributed by atoms with Gasteiger partial charge < -0.3 is 4.74 Å². The summed E-state index contributed by atoms with van der Waals surface area (Å²) in [5.74, 6) is 0. The molecular formula is C24H23O4P. The Morgan fingerprint density at radius 1 is 0.828 bits per heavy atom. The molecule has 0 aliphatic heterocycles. The zero-order valence-corrected chi connectivity index (χ0v) is 17.6. The van der Waals surface area contributed by atoms with Gasteiger partial charge in [-0.3, -0.25) is 9.36 Å². The topological polar surface area (TPSA) is 60.4 Å². The van der Waals surface area contributed by atoms with E-state index in [9.17, 15) is 14.2 Å². The summed E-state index contributed by atoms with van der Waals surface area (Å²) in [7, 11) is -4.18. The van der Waals surface area contributed by atoms with Gasteiger partial charge in [-0.2, -0.15) is 0 Å². The minimum atomic E-state index is -4.18. The van der Waals surface area contributed by atoms with Crippen LogP contribution in [0.5, 0.6) is 0 Å². The molecule has 5 heteroatoms. The van der Waals surface area contributed by atoms with Crippen LogP contribution in [0.15, 0.2) is 72.8 Å². The van der Waals surface area contributed by atoms with Gasteiger partial charge >= 0.3 is 5.71 Å². The van der Waals surface area contributed by atoms with Crippen molar-refractivity contribution in [2.75, 3.05) is 0 Å². The number of benzene rings is 3. The predicted molar refractivity (Wildman–Crippen MR) is 115 cm³/mol. The molecule has 0 aromatic heterocycles. The Morgan fingerprint density at radius 3 is 1.90 bits per heavy atom. The maximum Gasteiger partial charge on any atom is 0.376 e. The molecule has 0 spiro atoms. The summed E-state index contributed by atoms with van der Waals surface area (Å²) in [6.07, 6.45) is 0. The maximum absolute atomic E-state index is 14.0. The van der Waals surface area contributed by atoms with E-state index in [1.54, 1.807) is 56.3 Å². The fraction of sp³-hybridized carbons (Fsp3) is 0.167. The van der Waals surface area contributed by atoms with E-state index in [2.05, 4.69) is 0 Å². The van der Waals surface area contributed by atoms with Crippen molar-refractivity contribution in [2.24, 2.45) is 0 Å². The third-order valence-electron chi connectivity index (χ3n) is 4.76. The van der Waals surface area contributed by atoms with Crippen LogP contribution in [-0.2, 0) is 15.9 Å². The third kappa shape index (κ3) is 4.23. The molecule has 0 N–H and O–H groups in total. The second kappa shape index (κ2) is 8.59. The molecule has 0 amide bonds. The number of ether oxygens (including phenoxy) is 1. The first-order chi connectivity index (χ1) is 13.8. The fourth-order valence-corrected chi connectivity index (χ4v) is 5.55. The largest absolute Gasteiger partial charge is 0.455 e. The minimum Gasteiger partial charge on any atom is -0.455 e. The van der Waals surface area contributed by atoms with E-state index in [4.69, 9.17) is 4.74 Å². The quantitative estimate of drug-likeness (QED) is 0.487. The van der Waals surface area contributed by atoms with Crippen LogP contribution < -0.4 is 5.30 Å². The molecule has 0 bridgehead atoms. The lowest BCUT2D eigenvalue weighted by Crippen LogP contribution is -2.22. The second-order valence-electron chi connectivity index (χ2n) is 7.06. The van der Waals surface area contributed by atoms with E-state index < -0.39 is 18.4 Å². The van der Waals surface area contributed by atoms with Crippen LogP contribution in [-0.4, -0.2) is 11.2 Å². The molecule has 0 saturated heterocycles. The lowest BCUT2D eigenvalue weighted by Gasteiger charge is -2.19. The average Bonchev–Trinajstić information content (AvgIpc) is 2.72. The van der Waals surface area contributed by atoms with Crippen LogP contribution in [0.4, 0.5) is 4.79 Å². The van der Waals surface area contributed by atoms with Crippen LogP contribution in [0.1, 0.15) is 32.6 Å². The van der Waals surface area contributed by atoms with Gasteiger partial charge in [0.05, 0.1) is 0 Å². The summed E-state index contributed by atoms with van der Waals surface area (Å²) in [5.41, 5.74) is 1.79. The number of rotatable bonds is 6. The SMILES string of the molecule is Cc1cc(C)c(C(=O)P(=O)(C(=O)OCc2ccccc2)c2ccccc2)c(C)c1. The van der Waals surface area contributed by atoms with E-state index in [-0.39, 0.29) is 11.9 Å². The Labute approximate surface area is 170 Å². The van der Waals surface area contributed by atoms with Crippen LogP contribution >= 0.6 is 7.14 Å². The molecule has 3 aromatic carbocycles. The summed E-state index contributed by atoms with van der Waals surface area (Å²) < 4.78 is 19.4. The molecule has 0 saturated carbocycles. The van der Waals surface area contributed by atoms with Crippen LogP contribution in [0.2, 0.25) is 0 Å². The van der Waals surface area contributed by atoms with Crippen molar-refractivity contribution in [2.45, 2.75) is 27.4 Å². The number of hydrogen-bond acceptors (Lipinski definition) is 4. The Bertz CT molecular complexity index is 1070. The molecule has 0 fully saturated rings.